The number of aliphatic carboxylic acids is 2. The van der Waals surface area contributed by atoms with Gasteiger partial charge in [-0.3, -0.25) is 76.7 Å². The van der Waals surface area contributed by atoms with Crippen molar-refractivity contribution in [2.45, 2.75) is 190 Å². The lowest BCUT2D eigenvalue weighted by Crippen LogP contribution is -2.60. The molecule has 5 rings (SSSR count). The van der Waals surface area contributed by atoms with Gasteiger partial charge in [0.15, 0.2) is 0 Å². The summed E-state index contributed by atoms with van der Waals surface area (Å²) in [6.07, 6.45) is 0.458. The largest absolute Gasteiger partial charge is 0.508 e. The van der Waals surface area contributed by atoms with E-state index < -0.39 is 212 Å². The number of hydrogen-bond acceptors (Lipinski definition) is 20. The third kappa shape index (κ3) is 24.0. The summed E-state index contributed by atoms with van der Waals surface area (Å²) in [5.74, 6) is -17.4. The van der Waals surface area contributed by atoms with Crippen molar-refractivity contribution in [1.82, 2.24) is 72.5 Å². The Morgan fingerprint density at radius 1 is 0.545 bits per heavy atom. The monoisotopic (exact) mass is 1390 g/mol. The molecule has 15 amide bonds. The lowest BCUT2D eigenvalue weighted by molar-refractivity contribution is -0.151. The number of phenolic OH excluding ortho intramolecular Hbond substituents is 1. The van der Waals surface area contributed by atoms with E-state index in [1.165, 1.54) is 58.4 Å². The van der Waals surface area contributed by atoms with Gasteiger partial charge < -0.3 is 106 Å². The smallest absolute Gasteiger partial charge is 0.326 e. The van der Waals surface area contributed by atoms with Gasteiger partial charge in [-0.1, -0.05) is 26.0 Å². The molecule has 21 N–H and O–H groups in total. The SMILES string of the molecule is CC(C)C[C@H](NC(=O)[C@H](CCC(N)=O)NC(=O)[C@H](CC(N)=O)NC(=O)[C@H](C)NC(=O)CNC(=O)[C@H](Cc1cnc[nH]1)NC(=O)[C@H](CC(=O)O)NC(=O)[C@H](C)NC(=O)[C@H](Cc1ccc(O)cc1)NC(=O)[C@@H]1CCCN1C(=O)[C@@H]1CCCN1C(=O)[C@@H]1CCCN1C(=O)[C@@H](N)CC(N)=O)C(=O)O. The second kappa shape index (κ2) is 37.1. The van der Waals surface area contributed by atoms with Crippen LogP contribution in [0.15, 0.2) is 36.8 Å². The molecule has 38 nitrogen and oxygen atoms in total. The minimum absolute atomic E-state index is 0.0159. The third-order valence-electron chi connectivity index (χ3n) is 16.5. The van der Waals surface area contributed by atoms with Crippen LogP contribution in [0, 0.1) is 5.92 Å². The normalized spacial score (nSPS) is 18.4. The number of carbonyl (C=O) groups is 17. The quantitative estimate of drug-likeness (QED) is 0.0299. The number of phenols is 1. The molecular weight excluding hydrogens is 1300 g/mol. The van der Waals surface area contributed by atoms with Gasteiger partial charge in [0, 0.05) is 50.8 Å². The van der Waals surface area contributed by atoms with Crippen LogP contribution < -0.4 is 70.8 Å². The second-order valence-electron chi connectivity index (χ2n) is 24.8. The van der Waals surface area contributed by atoms with E-state index in [-0.39, 0.29) is 75.5 Å². The molecule has 3 saturated heterocycles. The average molecular weight is 1390 g/mol. The fourth-order valence-corrected chi connectivity index (χ4v) is 11.4. The van der Waals surface area contributed by atoms with Crippen LogP contribution >= 0.6 is 0 Å². The van der Waals surface area contributed by atoms with Crippen molar-refractivity contribution in [2.75, 3.05) is 26.2 Å². The van der Waals surface area contributed by atoms with Crippen LogP contribution in [0.25, 0.3) is 0 Å². The fraction of sp³-hybridized carbons (Fsp3) is 0.574. The van der Waals surface area contributed by atoms with Gasteiger partial charge in [-0.05, 0) is 88.8 Å². The molecule has 1 aromatic carbocycles. The lowest BCUT2D eigenvalue weighted by atomic mass is 10.0. The average Bonchev–Trinajstić information content (AvgIpc) is 1.58. The molecule has 4 heterocycles. The number of aromatic amines is 1. The Kier molecular flexibility index (Phi) is 29.5. The van der Waals surface area contributed by atoms with Crippen molar-refractivity contribution in [3.63, 3.8) is 0 Å². The fourth-order valence-electron chi connectivity index (χ4n) is 11.4. The van der Waals surface area contributed by atoms with Gasteiger partial charge in [-0.25, -0.2) is 9.78 Å². The van der Waals surface area contributed by atoms with Crippen LogP contribution in [-0.2, 0) is 94.3 Å². The number of carboxylic acid groups (broad SMARTS) is 2. The van der Waals surface area contributed by atoms with E-state index in [0.717, 1.165) is 6.92 Å². The molecule has 3 fully saturated rings. The number of primary amides is 3. The number of H-pyrrole nitrogens is 1. The molecule has 1 aromatic heterocycles. The predicted octanol–water partition coefficient (Wildman–Crippen LogP) is -7.14. The summed E-state index contributed by atoms with van der Waals surface area (Å²) in [5, 5.41) is 50.5. The molecule has 38 heteroatoms. The van der Waals surface area contributed by atoms with Gasteiger partial charge in [0.25, 0.3) is 0 Å². The minimum atomic E-state index is -1.96. The minimum Gasteiger partial charge on any atom is -0.508 e. The summed E-state index contributed by atoms with van der Waals surface area (Å²) in [7, 11) is 0. The summed E-state index contributed by atoms with van der Waals surface area (Å²) in [5.41, 5.74) is 22.4. The number of carbonyl (C=O) groups excluding carboxylic acids is 15. The van der Waals surface area contributed by atoms with E-state index in [2.05, 4.69) is 57.8 Å². The molecule has 0 radical (unpaired) electrons. The van der Waals surface area contributed by atoms with Gasteiger partial charge in [0.05, 0.1) is 38.2 Å². The number of carboxylic acids is 2. The molecule has 0 saturated carbocycles. The summed E-state index contributed by atoms with van der Waals surface area (Å²) in [6, 6.07) is -11.9. The molecule has 0 bridgehead atoms. The highest BCUT2D eigenvalue weighted by molar-refractivity contribution is 6.01. The molecule has 3 aliphatic rings. The summed E-state index contributed by atoms with van der Waals surface area (Å²) < 4.78 is 0. The number of benzene rings is 1. The first-order valence-electron chi connectivity index (χ1n) is 32.1. The van der Waals surface area contributed by atoms with Crippen LogP contribution in [0.2, 0.25) is 0 Å². The van der Waals surface area contributed by atoms with Crippen molar-refractivity contribution < 1.29 is 96.8 Å². The van der Waals surface area contributed by atoms with Gasteiger partial charge in [-0.15, -0.1) is 0 Å². The standard InChI is InChI=1S/C61H88N18O20/c1-29(2)20-41(61(98)99)76-53(90)36(15-16-45(63)81)71-55(92)39(24-47(65)83)72-50(87)30(3)69-48(84)27-67-52(89)38(22-33-26-66-28-68-33)74-56(93)40(25-49(85)86)73-51(88)31(4)70-54(91)37(21-32-11-13-34(80)14-12-32)75-57(94)42-8-5-17-77(42)59(96)44-10-7-19-79(44)60(97)43-9-6-18-78(43)58(95)35(62)23-46(64)82/h11-14,26,28-31,35-44,80H,5-10,15-25,27,62H2,1-4H3,(H2,63,81)(H2,64,82)(H2,65,83)(H,66,68)(H,67,89)(H,69,84)(H,70,91)(H,71,92)(H,72,87)(H,73,88)(H,74,93)(H,75,94)(H,76,90)(H,85,86)(H,98,99)/t30-,31-,35-,36-,37-,38-,39-,40-,41-,42-,43-,44-/m0/s1. The lowest BCUT2D eigenvalue weighted by Gasteiger charge is -2.34. The summed E-state index contributed by atoms with van der Waals surface area (Å²) >= 11 is 0. The van der Waals surface area contributed by atoms with E-state index in [4.69, 9.17) is 22.9 Å². The Morgan fingerprint density at radius 3 is 1.57 bits per heavy atom. The maximum atomic E-state index is 14.4. The molecular formula is C61H88N18O20. The number of imidazole rings is 1. The van der Waals surface area contributed by atoms with Crippen LogP contribution in [0.5, 0.6) is 5.75 Å². The number of hydrogen-bond donors (Lipinski definition) is 17. The maximum absolute atomic E-state index is 14.4. The van der Waals surface area contributed by atoms with Crippen LogP contribution in [0.1, 0.15) is 116 Å². The highest BCUT2D eigenvalue weighted by Gasteiger charge is 2.47. The number of aromatic nitrogens is 2. The van der Waals surface area contributed by atoms with Crippen LogP contribution in [0.3, 0.4) is 0 Å². The number of likely N-dealkylation sites (tertiary alicyclic amines) is 3. The Bertz CT molecular complexity index is 3330. The van der Waals surface area contributed by atoms with Gasteiger partial charge in [0.2, 0.25) is 88.6 Å². The topological polar surface area (TPSA) is 602 Å². The van der Waals surface area contributed by atoms with Crippen molar-refractivity contribution in [1.29, 1.82) is 0 Å². The molecule has 3 aliphatic heterocycles. The Hall–Kier alpha value is -10.8. The van der Waals surface area contributed by atoms with E-state index >= 15 is 0 Å². The molecule has 12 atom stereocenters. The maximum Gasteiger partial charge on any atom is 0.326 e. The van der Waals surface area contributed by atoms with Gasteiger partial charge in [0.1, 0.15) is 72.2 Å². The van der Waals surface area contributed by atoms with Crippen molar-refractivity contribution in [3.8, 4) is 5.75 Å². The molecule has 0 aliphatic carbocycles. The van der Waals surface area contributed by atoms with E-state index in [9.17, 15) is 96.8 Å². The number of nitrogens with two attached hydrogens (primary N) is 4. The van der Waals surface area contributed by atoms with Crippen LogP contribution in [0.4, 0.5) is 0 Å². The third-order valence-corrected chi connectivity index (χ3v) is 16.5. The summed E-state index contributed by atoms with van der Waals surface area (Å²) in [4.78, 5) is 235. The van der Waals surface area contributed by atoms with E-state index in [1.54, 1.807) is 13.8 Å². The van der Waals surface area contributed by atoms with Crippen molar-refractivity contribution in [3.05, 3.63) is 48.0 Å². The summed E-state index contributed by atoms with van der Waals surface area (Å²) in [6.45, 7) is 5.26. The zero-order valence-corrected chi connectivity index (χ0v) is 55.1. The molecule has 2 aromatic rings. The first-order chi connectivity index (χ1) is 46.6. The van der Waals surface area contributed by atoms with E-state index in [0.29, 0.717) is 24.8 Å². The number of nitrogens with one attached hydrogen (secondary N) is 10. The Labute approximate surface area is 567 Å². The zero-order chi connectivity index (χ0) is 73.5. The van der Waals surface area contributed by atoms with E-state index in [1.807, 2.05) is 0 Å². The van der Waals surface area contributed by atoms with Gasteiger partial charge >= 0.3 is 11.9 Å². The van der Waals surface area contributed by atoms with Crippen molar-refractivity contribution >= 4 is 101 Å². The van der Waals surface area contributed by atoms with Gasteiger partial charge in [-0.2, -0.15) is 0 Å². The second-order valence-corrected chi connectivity index (χ2v) is 24.8. The van der Waals surface area contributed by atoms with Crippen LogP contribution in [-0.4, -0.2) is 239 Å². The molecule has 0 spiro atoms. The first kappa shape index (κ1) is 78.9. The highest BCUT2D eigenvalue weighted by Crippen LogP contribution is 2.29. The first-order valence-corrected chi connectivity index (χ1v) is 32.1. The number of amides is 15. The Morgan fingerprint density at radius 2 is 1.03 bits per heavy atom. The number of rotatable bonds is 37. The zero-order valence-electron chi connectivity index (χ0n) is 55.1. The molecule has 0 unspecified atom stereocenters. The number of aromatic hydroxyl groups is 1. The Balaban J connectivity index is 1.23. The molecule has 99 heavy (non-hydrogen) atoms. The molecule has 542 valence electrons. The number of nitrogens with zero attached hydrogens (tertiary/aromatic N) is 4. The highest BCUT2D eigenvalue weighted by atomic mass is 16.4. The van der Waals surface area contributed by atoms with Crippen molar-refractivity contribution in [2.24, 2.45) is 28.9 Å². The predicted molar refractivity (Wildman–Crippen MR) is 341 cm³/mol.